The third kappa shape index (κ3) is 1.81. The lowest BCUT2D eigenvalue weighted by atomic mass is 10.0. The highest BCUT2D eigenvalue weighted by molar-refractivity contribution is 5.32. The van der Waals surface area contributed by atoms with E-state index in [4.69, 9.17) is 5.73 Å². The minimum Gasteiger partial charge on any atom is -0.329 e. The highest BCUT2D eigenvalue weighted by atomic mass is 15.0. The van der Waals surface area contributed by atoms with Crippen molar-refractivity contribution in [3.8, 4) is 0 Å². The Balaban J connectivity index is 2.10. The van der Waals surface area contributed by atoms with Crippen molar-refractivity contribution < 1.29 is 0 Å². The van der Waals surface area contributed by atoms with Crippen LogP contribution in [0.3, 0.4) is 0 Å². The molecule has 0 saturated heterocycles. The zero-order valence-electron chi connectivity index (χ0n) is 8.72. The molecule has 0 bridgehead atoms. The summed E-state index contributed by atoms with van der Waals surface area (Å²) in [5.74, 6) is 0. The van der Waals surface area contributed by atoms with E-state index >= 15 is 0 Å². The van der Waals surface area contributed by atoms with E-state index in [1.165, 1.54) is 24.0 Å². The fourth-order valence-electron chi connectivity index (χ4n) is 1.88. The molecule has 1 fully saturated rings. The van der Waals surface area contributed by atoms with E-state index in [0.717, 1.165) is 6.54 Å². The first-order valence-corrected chi connectivity index (χ1v) is 5.29. The Hall–Kier alpha value is -0.860. The highest BCUT2D eigenvalue weighted by Crippen LogP contribution is 2.45. The summed E-state index contributed by atoms with van der Waals surface area (Å²) >= 11 is 0. The molecule has 0 aromatic heterocycles. The smallest absolute Gasteiger partial charge is 0.0436 e. The van der Waals surface area contributed by atoms with Crippen molar-refractivity contribution in [2.75, 3.05) is 13.1 Å². The van der Waals surface area contributed by atoms with Gasteiger partial charge in [0.2, 0.25) is 0 Å². The van der Waals surface area contributed by atoms with Crippen LogP contribution in [0.15, 0.2) is 24.3 Å². The maximum Gasteiger partial charge on any atom is 0.0436 e. The van der Waals surface area contributed by atoms with Crippen LogP contribution in [0.25, 0.3) is 0 Å². The van der Waals surface area contributed by atoms with Crippen LogP contribution in [0.4, 0.5) is 0 Å². The second-order valence-electron chi connectivity index (χ2n) is 4.16. The van der Waals surface area contributed by atoms with Crippen LogP contribution in [0, 0.1) is 6.92 Å². The fraction of sp³-hybridized carbons (Fsp3) is 0.500. The molecule has 76 valence electrons. The molecule has 2 rings (SSSR count). The minimum atomic E-state index is 0.257. The van der Waals surface area contributed by atoms with Crippen LogP contribution in [0.1, 0.15) is 24.0 Å². The zero-order valence-corrected chi connectivity index (χ0v) is 8.72. The SMILES string of the molecule is Cc1ccc(C2(NCCN)CC2)cc1. The van der Waals surface area contributed by atoms with Gasteiger partial charge in [-0.05, 0) is 25.3 Å². The molecule has 0 unspecified atom stereocenters. The molecule has 14 heavy (non-hydrogen) atoms. The Kier molecular flexibility index (Phi) is 2.57. The molecule has 0 radical (unpaired) electrons. The summed E-state index contributed by atoms with van der Waals surface area (Å²) in [4.78, 5) is 0. The fourth-order valence-corrected chi connectivity index (χ4v) is 1.88. The quantitative estimate of drug-likeness (QED) is 0.755. The molecule has 1 saturated carbocycles. The average molecular weight is 190 g/mol. The van der Waals surface area contributed by atoms with Gasteiger partial charge in [-0.2, -0.15) is 0 Å². The van der Waals surface area contributed by atoms with Gasteiger partial charge in [-0.25, -0.2) is 0 Å². The standard InChI is InChI=1S/C12H18N2/c1-10-2-4-11(5-3-10)12(6-7-12)14-9-8-13/h2-5,14H,6-9,13H2,1H3. The average Bonchev–Trinajstić information content (AvgIpc) is 2.97. The number of aryl methyl sites for hydroxylation is 1. The van der Waals surface area contributed by atoms with Crippen LogP contribution in [-0.4, -0.2) is 13.1 Å². The summed E-state index contributed by atoms with van der Waals surface area (Å²) < 4.78 is 0. The Labute approximate surface area is 85.5 Å². The number of hydrogen-bond acceptors (Lipinski definition) is 2. The van der Waals surface area contributed by atoms with E-state index in [-0.39, 0.29) is 5.54 Å². The first-order chi connectivity index (χ1) is 6.77. The Morgan fingerprint density at radius 1 is 1.29 bits per heavy atom. The van der Waals surface area contributed by atoms with Gasteiger partial charge < -0.3 is 11.1 Å². The van der Waals surface area contributed by atoms with Crippen LogP contribution in [0.5, 0.6) is 0 Å². The number of nitrogens with one attached hydrogen (secondary N) is 1. The van der Waals surface area contributed by atoms with E-state index in [0.29, 0.717) is 6.54 Å². The van der Waals surface area contributed by atoms with Crippen molar-refractivity contribution in [1.29, 1.82) is 0 Å². The first kappa shape index (κ1) is 9.69. The molecule has 0 aliphatic heterocycles. The second kappa shape index (κ2) is 3.71. The van der Waals surface area contributed by atoms with Crippen LogP contribution in [0.2, 0.25) is 0 Å². The van der Waals surface area contributed by atoms with Crippen LogP contribution in [-0.2, 0) is 5.54 Å². The molecule has 2 nitrogen and oxygen atoms in total. The molecule has 2 heteroatoms. The van der Waals surface area contributed by atoms with Gasteiger partial charge in [-0.3, -0.25) is 0 Å². The second-order valence-corrected chi connectivity index (χ2v) is 4.16. The van der Waals surface area contributed by atoms with Gasteiger partial charge in [-0.1, -0.05) is 29.8 Å². The molecule has 0 atom stereocenters. The van der Waals surface area contributed by atoms with E-state index in [1.54, 1.807) is 0 Å². The molecule has 0 spiro atoms. The van der Waals surface area contributed by atoms with Crippen molar-refractivity contribution >= 4 is 0 Å². The Morgan fingerprint density at radius 3 is 2.43 bits per heavy atom. The number of hydrogen-bond donors (Lipinski definition) is 2. The first-order valence-electron chi connectivity index (χ1n) is 5.29. The number of rotatable bonds is 4. The third-order valence-corrected chi connectivity index (χ3v) is 2.96. The van der Waals surface area contributed by atoms with Gasteiger partial charge in [0, 0.05) is 18.6 Å². The summed E-state index contributed by atoms with van der Waals surface area (Å²) in [5, 5.41) is 3.53. The Morgan fingerprint density at radius 2 is 1.93 bits per heavy atom. The molecule has 1 aliphatic carbocycles. The van der Waals surface area contributed by atoms with Crippen molar-refractivity contribution in [2.45, 2.75) is 25.3 Å². The minimum absolute atomic E-state index is 0.257. The van der Waals surface area contributed by atoms with Crippen molar-refractivity contribution in [1.82, 2.24) is 5.32 Å². The lowest BCUT2D eigenvalue weighted by Gasteiger charge is -2.17. The lowest BCUT2D eigenvalue weighted by Crippen LogP contribution is -2.33. The van der Waals surface area contributed by atoms with Gasteiger partial charge in [-0.15, -0.1) is 0 Å². The van der Waals surface area contributed by atoms with E-state index < -0.39 is 0 Å². The van der Waals surface area contributed by atoms with Gasteiger partial charge in [0.1, 0.15) is 0 Å². The van der Waals surface area contributed by atoms with E-state index in [9.17, 15) is 0 Å². The zero-order chi connectivity index (χ0) is 10.0. The lowest BCUT2D eigenvalue weighted by molar-refractivity contribution is 0.527. The number of nitrogens with two attached hydrogens (primary N) is 1. The predicted molar refractivity (Wildman–Crippen MR) is 59.1 cm³/mol. The summed E-state index contributed by atoms with van der Waals surface area (Å²) in [6, 6.07) is 8.82. The molecule has 1 aromatic rings. The summed E-state index contributed by atoms with van der Waals surface area (Å²) in [6.07, 6.45) is 2.49. The molecule has 1 aromatic carbocycles. The summed E-state index contributed by atoms with van der Waals surface area (Å²) in [5.41, 5.74) is 8.50. The Bertz CT molecular complexity index is 299. The molecular weight excluding hydrogens is 172 g/mol. The summed E-state index contributed by atoms with van der Waals surface area (Å²) in [7, 11) is 0. The highest BCUT2D eigenvalue weighted by Gasteiger charge is 2.43. The number of benzene rings is 1. The van der Waals surface area contributed by atoms with Crippen LogP contribution < -0.4 is 11.1 Å². The van der Waals surface area contributed by atoms with Gasteiger partial charge in [0.05, 0.1) is 0 Å². The van der Waals surface area contributed by atoms with Gasteiger partial charge >= 0.3 is 0 Å². The van der Waals surface area contributed by atoms with Gasteiger partial charge in [0.15, 0.2) is 0 Å². The molecule has 0 amide bonds. The molecule has 1 aliphatic rings. The normalized spacial score (nSPS) is 18.1. The van der Waals surface area contributed by atoms with Crippen molar-refractivity contribution in [2.24, 2.45) is 5.73 Å². The molecule has 0 heterocycles. The van der Waals surface area contributed by atoms with Crippen LogP contribution >= 0.6 is 0 Å². The summed E-state index contributed by atoms with van der Waals surface area (Å²) in [6.45, 7) is 3.75. The molecule has 3 N–H and O–H groups in total. The topological polar surface area (TPSA) is 38.0 Å². The molecular formula is C12H18N2. The van der Waals surface area contributed by atoms with E-state index in [1.807, 2.05) is 0 Å². The van der Waals surface area contributed by atoms with Crippen molar-refractivity contribution in [3.63, 3.8) is 0 Å². The van der Waals surface area contributed by atoms with Crippen molar-refractivity contribution in [3.05, 3.63) is 35.4 Å². The maximum atomic E-state index is 5.50. The maximum absolute atomic E-state index is 5.50. The monoisotopic (exact) mass is 190 g/mol. The largest absolute Gasteiger partial charge is 0.329 e. The van der Waals surface area contributed by atoms with E-state index in [2.05, 4.69) is 36.5 Å². The third-order valence-electron chi connectivity index (χ3n) is 2.96. The van der Waals surface area contributed by atoms with Gasteiger partial charge in [0.25, 0.3) is 0 Å². The predicted octanol–water partition coefficient (Wildman–Crippen LogP) is 1.53.